The van der Waals surface area contributed by atoms with Gasteiger partial charge in [-0.15, -0.1) is 0 Å². The van der Waals surface area contributed by atoms with E-state index in [2.05, 4.69) is 41.5 Å². The molecule has 0 aliphatic carbocycles. The molecule has 1 aromatic heterocycles. The lowest BCUT2D eigenvalue weighted by atomic mass is 10.1. The number of aryl methyl sites for hydroxylation is 2. The van der Waals surface area contributed by atoms with Crippen LogP contribution in [0, 0.1) is 20.8 Å². The summed E-state index contributed by atoms with van der Waals surface area (Å²) in [4.78, 5) is 15.2. The predicted molar refractivity (Wildman–Crippen MR) is 87.9 cm³/mol. The highest BCUT2D eigenvalue weighted by molar-refractivity contribution is 5.92. The van der Waals surface area contributed by atoms with Crippen molar-refractivity contribution in [1.82, 2.24) is 10.3 Å². The van der Waals surface area contributed by atoms with Gasteiger partial charge < -0.3 is 15.0 Å². The van der Waals surface area contributed by atoms with Crippen LogP contribution in [0.15, 0.2) is 24.3 Å². The zero-order chi connectivity index (χ0) is 16.1. The summed E-state index contributed by atoms with van der Waals surface area (Å²) in [6.45, 7) is 9.65. The Morgan fingerprint density at radius 1 is 1.14 bits per heavy atom. The zero-order valence-electron chi connectivity index (χ0n) is 13.7. The van der Waals surface area contributed by atoms with Crippen molar-refractivity contribution < 1.29 is 9.53 Å². The Morgan fingerprint density at radius 3 is 2.45 bits per heavy atom. The van der Waals surface area contributed by atoms with Crippen LogP contribution in [0.25, 0.3) is 0 Å². The van der Waals surface area contributed by atoms with Crippen molar-refractivity contribution in [2.75, 3.05) is 6.61 Å². The van der Waals surface area contributed by atoms with Crippen LogP contribution in [0.4, 0.5) is 0 Å². The lowest BCUT2D eigenvalue weighted by Crippen LogP contribution is -2.14. The number of hydrogen-bond acceptors (Lipinski definition) is 3. The molecule has 0 bridgehead atoms. The van der Waals surface area contributed by atoms with Crippen LogP contribution in [-0.4, -0.2) is 17.6 Å². The number of aromatic nitrogens is 1. The molecule has 0 fully saturated rings. The average Bonchev–Trinajstić information content (AvgIpc) is 2.76. The summed E-state index contributed by atoms with van der Waals surface area (Å²) < 4.78 is 5.11. The number of aromatic amines is 1. The Hall–Kier alpha value is -2.07. The third-order valence-electron chi connectivity index (χ3n) is 3.77. The minimum absolute atomic E-state index is 0.251. The summed E-state index contributed by atoms with van der Waals surface area (Å²) in [5, 5.41) is 3.41. The summed E-state index contributed by atoms with van der Waals surface area (Å²) in [7, 11) is 0. The van der Waals surface area contributed by atoms with Crippen molar-refractivity contribution in [1.29, 1.82) is 0 Å². The van der Waals surface area contributed by atoms with Crippen LogP contribution in [0.3, 0.4) is 0 Å². The van der Waals surface area contributed by atoms with Crippen LogP contribution in [0.1, 0.15) is 45.4 Å². The standard InChI is InChI=1S/C18H24N2O2/c1-5-22-18(21)17-13(3)16(20-14(17)4)11-19-10-15-8-6-12(2)7-9-15/h6-9,19-20H,5,10-11H2,1-4H3. The first-order valence-corrected chi connectivity index (χ1v) is 7.64. The monoisotopic (exact) mass is 300 g/mol. The van der Waals surface area contributed by atoms with Crippen LogP contribution in [0.5, 0.6) is 0 Å². The van der Waals surface area contributed by atoms with Crippen molar-refractivity contribution in [3.63, 3.8) is 0 Å². The first kappa shape index (κ1) is 16.3. The molecule has 0 aliphatic heterocycles. The van der Waals surface area contributed by atoms with E-state index >= 15 is 0 Å². The lowest BCUT2D eigenvalue weighted by Gasteiger charge is -2.06. The Morgan fingerprint density at radius 2 is 1.82 bits per heavy atom. The zero-order valence-corrected chi connectivity index (χ0v) is 13.7. The molecule has 1 heterocycles. The third-order valence-corrected chi connectivity index (χ3v) is 3.77. The van der Waals surface area contributed by atoms with E-state index in [0.717, 1.165) is 23.5 Å². The highest BCUT2D eigenvalue weighted by Crippen LogP contribution is 2.19. The molecule has 2 N–H and O–H groups in total. The minimum atomic E-state index is -0.251. The summed E-state index contributed by atoms with van der Waals surface area (Å²) in [5.74, 6) is -0.251. The molecule has 0 saturated carbocycles. The van der Waals surface area contributed by atoms with E-state index in [4.69, 9.17) is 4.74 Å². The van der Waals surface area contributed by atoms with Gasteiger partial charge in [0.1, 0.15) is 0 Å². The summed E-state index contributed by atoms with van der Waals surface area (Å²) in [6, 6.07) is 8.47. The molecule has 0 atom stereocenters. The Bertz CT molecular complexity index is 642. The Balaban J connectivity index is 2.00. The molecule has 0 saturated heterocycles. The number of nitrogens with one attached hydrogen (secondary N) is 2. The van der Waals surface area contributed by atoms with Gasteiger partial charge in [0.25, 0.3) is 0 Å². The largest absolute Gasteiger partial charge is 0.462 e. The third kappa shape index (κ3) is 3.77. The first-order valence-electron chi connectivity index (χ1n) is 7.64. The fraction of sp³-hybridized carbons (Fsp3) is 0.389. The van der Waals surface area contributed by atoms with Crippen molar-refractivity contribution in [3.8, 4) is 0 Å². The molecule has 0 unspecified atom stereocenters. The van der Waals surface area contributed by atoms with Gasteiger partial charge in [-0.25, -0.2) is 4.79 Å². The highest BCUT2D eigenvalue weighted by Gasteiger charge is 2.18. The van der Waals surface area contributed by atoms with Crippen molar-refractivity contribution in [3.05, 3.63) is 57.9 Å². The SMILES string of the molecule is CCOC(=O)c1c(C)[nH]c(CNCc2ccc(C)cc2)c1C. The second-order valence-electron chi connectivity index (χ2n) is 5.54. The van der Waals surface area contributed by atoms with Crippen molar-refractivity contribution in [2.24, 2.45) is 0 Å². The van der Waals surface area contributed by atoms with E-state index in [-0.39, 0.29) is 5.97 Å². The van der Waals surface area contributed by atoms with Gasteiger partial charge in [-0.3, -0.25) is 0 Å². The smallest absolute Gasteiger partial charge is 0.340 e. The normalized spacial score (nSPS) is 10.7. The predicted octanol–water partition coefficient (Wildman–Crippen LogP) is 3.41. The van der Waals surface area contributed by atoms with Gasteiger partial charge in [0, 0.05) is 24.5 Å². The van der Waals surface area contributed by atoms with Gasteiger partial charge in [0.05, 0.1) is 12.2 Å². The summed E-state index contributed by atoms with van der Waals surface area (Å²) in [6.07, 6.45) is 0. The van der Waals surface area contributed by atoms with Gasteiger partial charge in [0.2, 0.25) is 0 Å². The number of H-pyrrole nitrogens is 1. The van der Waals surface area contributed by atoms with Gasteiger partial charge in [-0.1, -0.05) is 29.8 Å². The maximum Gasteiger partial charge on any atom is 0.340 e. The van der Waals surface area contributed by atoms with Crippen LogP contribution in [0.2, 0.25) is 0 Å². The number of hydrogen-bond donors (Lipinski definition) is 2. The van der Waals surface area contributed by atoms with Gasteiger partial charge in [-0.05, 0) is 38.8 Å². The topological polar surface area (TPSA) is 54.1 Å². The second-order valence-corrected chi connectivity index (χ2v) is 5.54. The van der Waals surface area contributed by atoms with Crippen molar-refractivity contribution in [2.45, 2.75) is 40.8 Å². The van der Waals surface area contributed by atoms with E-state index in [1.54, 1.807) is 0 Å². The number of esters is 1. The van der Waals surface area contributed by atoms with Gasteiger partial charge in [0.15, 0.2) is 0 Å². The van der Waals surface area contributed by atoms with E-state index < -0.39 is 0 Å². The van der Waals surface area contributed by atoms with Crippen molar-refractivity contribution >= 4 is 5.97 Å². The number of carbonyl (C=O) groups excluding carboxylic acids is 1. The maximum atomic E-state index is 12.0. The first-order chi connectivity index (χ1) is 10.5. The van der Waals surface area contributed by atoms with E-state index in [1.165, 1.54) is 11.1 Å². The number of rotatable bonds is 6. The molecular weight excluding hydrogens is 276 g/mol. The summed E-state index contributed by atoms with van der Waals surface area (Å²) >= 11 is 0. The molecule has 118 valence electrons. The Labute approximate surface area is 131 Å². The molecule has 22 heavy (non-hydrogen) atoms. The molecule has 0 radical (unpaired) electrons. The fourth-order valence-electron chi connectivity index (χ4n) is 2.54. The molecular formula is C18H24N2O2. The highest BCUT2D eigenvalue weighted by atomic mass is 16.5. The fourth-order valence-corrected chi connectivity index (χ4v) is 2.54. The maximum absolute atomic E-state index is 12.0. The molecule has 0 aliphatic rings. The molecule has 0 amide bonds. The summed E-state index contributed by atoms with van der Waals surface area (Å²) in [5.41, 5.74) is 6.04. The Kier molecular flexibility index (Phi) is 5.39. The van der Waals surface area contributed by atoms with Gasteiger partial charge >= 0.3 is 5.97 Å². The molecule has 0 spiro atoms. The molecule has 4 nitrogen and oxygen atoms in total. The number of ether oxygens (including phenoxy) is 1. The molecule has 1 aromatic carbocycles. The molecule has 4 heteroatoms. The molecule has 2 aromatic rings. The van der Waals surface area contributed by atoms with E-state index in [9.17, 15) is 4.79 Å². The van der Waals surface area contributed by atoms with Crippen LogP contribution in [-0.2, 0) is 17.8 Å². The average molecular weight is 300 g/mol. The van der Waals surface area contributed by atoms with E-state index in [1.807, 2.05) is 20.8 Å². The number of benzene rings is 1. The molecule has 2 rings (SSSR count). The minimum Gasteiger partial charge on any atom is -0.462 e. The van der Waals surface area contributed by atoms with Gasteiger partial charge in [-0.2, -0.15) is 0 Å². The quantitative estimate of drug-likeness (QED) is 0.804. The second kappa shape index (κ2) is 7.27. The number of carbonyl (C=O) groups is 1. The van der Waals surface area contributed by atoms with Crippen LogP contribution >= 0.6 is 0 Å². The lowest BCUT2D eigenvalue weighted by molar-refractivity contribution is 0.0525. The van der Waals surface area contributed by atoms with Crippen LogP contribution < -0.4 is 5.32 Å². The van der Waals surface area contributed by atoms with E-state index in [0.29, 0.717) is 18.7 Å².